The number of nitrogens with one attached hydrogen (secondary N) is 1. The van der Waals surface area contributed by atoms with Gasteiger partial charge in [-0.2, -0.15) is 0 Å². The molecule has 168 valence electrons. The van der Waals surface area contributed by atoms with Gasteiger partial charge in [-0.25, -0.2) is 9.18 Å². The first kappa shape index (κ1) is 18.0. The summed E-state index contributed by atoms with van der Waals surface area (Å²) in [7, 11) is 2.01. The predicted octanol–water partition coefficient (Wildman–Crippen LogP) is 4.67. The second-order valence-electron chi connectivity index (χ2n) is 8.46. The molecule has 1 aliphatic heterocycles. The van der Waals surface area contributed by atoms with Crippen LogP contribution in [0.2, 0.25) is 0 Å². The molecule has 0 saturated carbocycles. The molecule has 1 fully saturated rings. The Bertz CT molecular complexity index is 999. The van der Waals surface area contributed by atoms with E-state index in [9.17, 15) is 9.18 Å². The van der Waals surface area contributed by atoms with Gasteiger partial charge in [0.05, 0.1) is 12.1 Å². The van der Waals surface area contributed by atoms with Gasteiger partial charge in [0.15, 0.2) is 0 Å². The van der Waals surface area contributed by atoms with E-state index >= 15 is 0 Å². The molecule has 1 aliphatic rings. The van der Waals surface area contributed by atoms with Crippen LogP contribution in [-0.2, 0) is 13.1 Å². The molecule has 1 saturated heterocycles. The third-order valence-electron chi connectivity index (χ3n) is 5.31. The van der Waals surface area contributed by atoms with Gasteiger partial charge in [-0.1, -0.05) is 38.1 Å². The first-order valence-corrected chi connectivity index (χ1v) is 10.8. The van der Waals surface area contributed by atoms with Crippen LogP contribution in [0.1, 0.15) is 43.3 Å². The van der Waals surface area contributed by atoms with Crippen molar-refractivity contribution in [3.05, 3.63) is 65.4 Å². The molecule has 2 aromatic rings. The third kappa shape index (κ3) is 7.24. The largest absolute Gasteiger partial charge is 0.493 e. The van der Waals surface area contributed by atoms with E-state index in [0.29, 0.717) is 12.5 Å². The van der Waals surface area contributed by atoms with Crippen LogP contribution in [0.15, 0.2) is 48.4 Å². The van der Waals surface area contributed by atoms with Gasteiger partial charge in [0, 0.05) is 19.1 Å². The number of rotatable bonds is 8. The van der Waals surface area contributed by atoms with E-state index < -0.39 is 30.0 Å². The van der Waals surface area contributed by atoms with Gasteiger partial charge in [-0.3, -0.25) is 0 Å². The van der Waals surface area contributed by atoms with Crippen molar-refractivity contribution >= 4 is 6.03 Å². The summed E-state index contributed by atoms with van der Waals surface area (Å²) < 4.78 is 51.7. The molecule has 0 aromatic heterocycles. The lowest BCUT2D eigenvalue weighted by molar-refractivity contribution is 0.127. The van der Waals surface area contributed by atoms with E-state index in [0.717, 1.165) is 37.2 Å². The summed E-state index contributed by atoms with van der Waals surface area (Å²) in [5.41, 5.74) is 0.909. The van der Waals surface area contributed by atoms with Crippen LogP contribution in [0.25, 0.3) is 0 Å². The predicted molar refractivity (Wildman–Crippen MR) is 121 cm³/mol. The maximum Gasteiger partial charge on any atom is 0.318 e. The Hall–Kier alpha value is -2.60. The number of likely N-dealkylation sites (tertiary alicyclic amines) is 1. The zero-order valence-electron chi connectivity index (χ0n) is 22.5. The van der Waals surface area contributed by atoms with Crippen LogP contribution in [-0.4, -0.2) is 48.6 Å². The molecule has 2 amide bonds. The molecule has 2 aromatic carbocycles. The molecule has 6 heteroatoms. The molecule has 5 nitrogen and oxygen atoms in total. The molecular weight excluding hydrogens is 393 g/mol. The normalized spacial score (nSPS) is 16.9. The summed E-state index contributed by atoms with van der Waals surface area (Å²) >= 11 is 0. The maximum absolute atomic E-state index is 14.0. The fourth-order valence-corrected chi connectivity index (χ4v) is 3.49. The van der Waals surface area contributed by atoms with E-state index in [1.165, 1.54) is 0 Å². The number of benzene rings is 2. The van der Waals surface area contributed by atoms with Crippen molar-refractivity contribution in [1.82, 2.24) is 15.1 Å². The van der Waals surface area contributed by atoms with E-state index in [1.807, 2.05) is 31.3 Å². The van der Waals surface area contributed by atoms with Crippen molar-refractivity contribution in [2.24, 2.45) is 5.92 Å². The van der Waals surface area contributed by atoms with Crippen molar-refractivity contribution in [3.63, 3.8) is 0 Å². The highest BCUT2D eigenvalue weighted by Gasteiger charge is 2.27. The highest BCUT2D eigenvalue weighted by atomic mass is 19.1. The Morgan fingerprint density at radius 2 is 1.84 bits per heavy atom. The number of nitrogens with zero attached hydrogens (tertiary/aromatic N) is 2. The van der Waals surface area contributed by atoms with Crippen LogP contribution >= 0.6 is 0 Å². The zero-order valence-corrected chi connectivity index (χ0v) is 18.5. The maximum atomic E-state index is 14.0. The van der Waals surface area contributed by atoms with Crippen LogP contribution in [0.3, 0.4) is 0 Å². The number of carbonyl (C=O) groups is 1. The van der Waals surface area contributed by atoms with Crippen molar-refractivity contribution in [1.29, 1.82) is 0 Å². The van der Waals surface area contributed by atoms with E-state index in [2.05, 4.69) is 24.1 Å². The van der Waals surface area contributed by atoms with E-state index in [1.54, 1.807) is 4.90 Å². The number of halogens is 1. The molecule has 31 heavy (non-hydrogen) atoms. The molecule has 0 atom stereocenters. The lowest BCUT2D eigenvalue weighted by Gasteiger charge is -2.37. The second-order valence-corrected chi connectivity index (χ2v) is 8.46. The molecule has 1 N–H and O–H groups in total. The van der Waals surface area contributed by atoms with Crippen LogP contribution in [0.4, 0.5) is 9.18 Å². The second kappa shape index (κ2) is 11.1. The average Bonchev–Trinajstić information content (AvgIpc) is 2.85. The first-order valence-electron chi connectivity index (χ1n) is 12.8. The zero-order chi connectivity index (χ0) is 25.7. The van der Waals surface area contributed by atoms with Crippen LogP contribution < -0.4 is 10.1 Å². The topological polar surface area (TPSA) is 44.8 Å². The number of piperidine rings is 1. The smallest absolute Gasteiger partial charge is 0.318 e. The molecule has 0 spiro atoms. The quantitative estimate of drug-likeness (QED) is 0.661. The number of amides is 2. The van der Waals surface area contributed by atoms with E-state index in [-0.39, 0.29) is 30.7 Å². The number of hydrogen-bond acceptors (Lipinski definition) is 3. The summed E-state index contributed by atoms with van der Waals surface area (Å²) in [6.45, 7) is 6.53. The van der Waals surface area contributed by atoms with Crippen molar-refractivity contribution < 1.29 is 19.4 Å². The molecule has 0 bridgehead atoms. The Labute approximate surface area is 190 Å². The monoisotopic (exact) mass is 431 g/mol. The Morgan fingerprint density at radius 1 is 1.19 bits per heavy atom. The number of urea groups is 1. The number of carbonyl (C=O) groups excluding carboxylic acids is 1. The molecule has 3 rings (SSSR count). The minimum absolute atomic E-state index is 0.0159. The third-order valence-corrected chi connectivity index (χ3v) is 5.31. The Balaban J connectivity index is 1.76. The summed E-state index contributed by atoms with van der Waals surface area (Å²) in [6.07, 6.45) is 1.43. The van der Waals surface area contributed by atoms with Gasteiger partial charge in [0.25, 0.3) is 0 Å². The summed E-state index contributed by atoms with van der Waals surface area (Å²) in [5.74, 6) is 0.00705. The molecule has 0 radical (unpaired) electrons. The average molecular weight is 432 g/mol. The Morgan fingerprint density at radius 3 is 2.45 bits per heavy atom. The summed E-state index contributed by atoms with van der Waals surface area (Å²) in [4.78, 5) is 17.0. The highest BCUT2D eigenvalue weighted by Crippen LogP contribution is 2.19. The highest BCUT2D eigenvalue weighted by molar-refractivity contribution is 5.74. The fraction of sp³-hybridized carbons (Fsp3) is 0.480. The lowest BCUT2D eigenvalue weighted by Crippen LogP contribution is -2.49. The van der Waals surface area contributed by atoms with Crippen molar-refractivity contribution in [3.8, 4) is 5.75 Å². The van der Waals surface area contributed by atoms with Crippen molar-refractivity contribution in [2.45, 2.75) is 45.8 Å². The SMILES string of the molecule is [2H]c1c([2H])c(CN(C(=O)NCc2ccc(OCC(C)C)cc2)C2CCN(C)CC2)c([2H])c([2H])c1F. The molecule has 1 heterocycles. The van der Waals surface area contributed by atoms with Crippen molar-refractivity contribution in [2.75, 3.05) is 26.7 Å². The Kier molecular flexibility index (Phi) is 6.48. The van der Waals surface area contributed by atoms with Gasteiger partial charge in [0.2, 0.25) is 0 Å². The van der Waals surface area contributed by atoms with Gasteiger partial charge in [-0.05, 0) is 74.2 Å². The lowest BCUT2D eigenvalue weighted by atomic mass is 10.0. The van der Waals surface area contributed by atoms with Gasteiger partial charge in [0.1, 0.15) is 11.6 Å². The number of ether oxygens (including phenoxy) is 1. The minimum Gasteiger partial charge on any atom is -0.493 e. The first-order chi connectivity index (χ1) is 16.6. The van der Waals surface area contributed by atoms with Crippen LogP contribution in [0, 0.1) is 11.7 Å². The summed E-state index contributed by atoms with van der Waals surface area (Å²) in [5, 5.41) is 2.92. The fourth-order valence-electron chi connectivity index (χ4n) is 3.49. The molecule has 0 unspecified atom stereocenters. The molecular formula is C25H34FN3O2. The number of hydrogen-bond donors (Lipinski definition) is 1. The standard InChI is InChI=1S/C25H34FN3O2/c1-19(2)18-31-24-10-6-20(7-11-24)16-27-25(30)29(23-12-14-28(3)15-13-23)17-21-4-8-22(26)9-5-21/h4-11,19,23H,12-18H2,1-3H3,(H,27,30)/i4D,5D,8D,9D. The van der Waals surface area contributed by atoms with E-state index in [4.69, 9.17) is 10.2 Å². The summed E-state index contributed by atoms with van der Waals surface area (Å²) in [6, 6.07) is 4.66. The minimum atomic E-state index is -1.18. The van der Waals surface area contributed by atoms with Crippen LogP contribution in [0.5, 0.6) is 5.75 Å². The van der Waals surface area contributed by atoms with Gasteiger partial charge < -0.3 is 19.9 Å². The van der Waals surface area contributed by atoms with Gasteiger partial charge >= 0.3 is 6.03 Å². The molecule has 0 aliphatic carbocycles. The van der Waals surface area contributed by atoms with Gasteiger partial charge in [-0.15, -0.1) is 0 Å².